The van der Waals surface area contributed by atoms with Crippen molar-refractivity contribution in [2.75, 3.05) is 5.32 Å². The van der Waals surface area contributed by atoms with Gasteiger partial charge in [0.15, 0.2) is 0 Å². The predicted octanol–water partition coefficient (Wildman–Crippen LogP) is 5.17. The molecule has 4 rings (SSSR count). The van der Waals surface area contributed by atoms with Crippen LogP contribution in [0, 0.1) is 6.92 Å². The quantitative estimate of drug-likeness (QED) is 0.328. The molecule has 2 N–H and O–H groups in total. The van der Waals surface area contributed by atoms with E-state index < -0.39 is 6.04 Å². The van der Waals surface area contributed by atoms with Crippen LogP contribution >= 0.6 is 0 Å². The average Bonchev–Trinajstić information content (AvgIpc) is 3.12. The van der Waals surface area contributed by atoms with Crippen molar-refractivity contribution in [1.82, 2.24) is 14.7 Å². The van der Waals surface area contributed by atoms with Gasteiger partial charge in [0.2, 0.25) is 5.91 Å². The second kappa shape index (κ2) is 11.7. The van der Waals surface area contributed by atoms with Crippen LogP contribution in [-0.2, 0) is 18.3 Å². The van der Waals surface area contributed by atoms with E-state index in [0.717, 1.165) is 30.5 Å². The Hall–Kier alpha value is -3.90. The van der Waals surface area contributed by atoms with Gasteiger partial charge in [0.25, 0.3) is 5.56 Å². The summed E-state index contributed by atoms with van der Waals surface area (Å²) >= 11 is 0. The number of para-hydroxylation sites is 1. The molecule has 0 aliphatic rings. The standard InChI is InChI=1S/C30H34N4O2/c1-22(29(35)32-28-23(2)33(3)34(30(28)36)26-19-11-6-12-20-26)31-27(25-17-9-5-10-18-25)21-13-16-24-14-7-4-8-15-24/h4-12,14-15,17-20,22,27,31H,13,16,21H2,1-3H3,(H,32,35)/t22-,27+/m1/s1. The van der Waals surface area contributed by atoms with E-state index in [1.807, 2.05) is 75.5 Å². The van der Waals surface area contributed by atoms with Crippen LogP contribution in [0.25, 0.3) is 5.69 Å². The second-order valence-electron chi connectivity index (χ2n) is 9.16. The van der Waals surface area contributed by atoms with Crippen molar-refractivity contribution in [3.63, 3.8) is 0 Å². The summed E-state index contributed by atoms with van der Waals surface area (Å²) in [7, 11) is 1.82. The normalized spacial score (nSPS) is 12.8. The van der Waals surface area contributed by atoms with Gasteiger partial charge in [-0.25, -0.2) is 4.68 Å². The number of carbonyl (C=O) groups excluding carboxylic acids is 1. The first kappa shape index (κ1) is 25.2. The molecule has 36 heavy (non-hydrogen) atoms. The molecule has 4 aromatic rings. The topological polar surface area (TPSA) is 68.1 Å². The fourth-order valence-corrected chi connectivity index (χ4v) is 4.51. The molecule has 0 unspecified atom stereocenters. The lowest BCUT2D eigenvalue weighted by Gasteiger charge is -2.23. The van der Waals surface area contributed by atoms with Crippen LogP contribution in [0.4, 0.5) is 5.69 Å². The Bertz CT molecular complexity index is 1330. The monoisotopic (exact) mass is 482 g/mol. The van der Waals surface area contributed by atoms with Gasteiger partial charge in [-0.15, -0.1) is 0 Å². The zero-order chi connectivity index (χ0) is 25.5. The molecule has 0 bridgehead atoms. The van der Waals surface area contributed by atoms with E-state index in [-0.39, 0.29) is 17.5 Å². The van der Waals surface area contributed by atoms with Gasteiger partial charge >= 0.3 is 0 Å². The Kier molecular flexibility index (Phi) is 8.18. The Morgan fingerprint density at radius 1 is 0.889 bits per heavy atom. The third-order valence-electron chi connectivity index (χ3n) is 6.65. The lowest BCUT2D eigenvalue weighted by molar-refractivity contribution is -0.118. The lowest BCUT2D eigenvalue weighted by Crippen LogP contribution is -2.41. The molecule has 1 heterocycles. The SMILES string of the molecule is Cc1c(NC(=O)[C@@H](C)N[C@@H](CCCc2ccccc2)c2ccccc2)c(=O)n(-c2ccccc2)n1C. The summed E-state index contributed by atoms with van der Waals surface area (Å²) in [5.74, 6) is -0.231. The fraction of sp³-hybridized carbons (Fsp3) is 0.267. The molecule has 186 valence electrons. The van der Waals surface area contributed by atoms with Crippen molar-refractivity contribution in [2.45, 2.75) is 45.2 Å². The largest absolute Gasteiger partial charge is 0.319 e. The molecule has 3 aromatic carbocycles. The van der Waals surface area contributed by atoms with E-state index in [1.54, 1.807) is 9.36 Å². The molecule has 6 nitrogen and oxygen atoms in total. The fourth-order valence-electron chi connectivity index (χ4n) is 4.51. The molecule has 0 aliphatic carbocycles. The van der Waals surface area contributed by atoms with Crippen molar-refractivity contribution in [3.05, 3.63) is 118 Å². The Labute approximate surface area is 212 Å². The van der Waals surface area contributed by atoms with E-state index in [9.17, 15) is 9.59 Å². The van der Waals surface area contributed by atoms with Gasteiger partial charge in [0.1, 0.15) is 5.69 Å². The van der Waals surface area contributed by atoms with Crippen molar-refractivity contribution in [2.24, 2.45) is 7.05 Å². The minimum absolute atomic E-state index is 0.0218. The van der Waals surface area contributed by atoms with Crippen molar-refractivity contribution >= 4 is 11.6 Å². The van der Waals surface area contributed by atoms with E-state index >= 15 is 0 Å². The van der Waals surface area contributed by atoms with E-state index in [1.165, 1.54) is 5.56 Å². The Morgan fingerprint density at radius 2 is 1.47 bits per heavy atom. The molecule has 0 spiro atoms. The van der Waals surface area contributed by atoms with Crippen molar-refractivity contribution < 1.29 is 4.79 Å². The molecule has 0 radical (unpaired) electrons. The minimum atomic E-state index is -0.490. The number of nitrogens with zero attached hydrogens (tertiary/aromatic N) is 2. The van der Waals surface area contributed by atoms with Gasteiger partial charge < -0.3 is 5.32 Å². The number of hydrogen-bond donors (Lipinski definition) is 2. The number of anilines is 1. The number of rotatable bonds is 10. The predicted molar refractivity (Wildman–Crippen MR) is 146 cm³/mol. The molecule has 0 aliphatic heterocycles. The summed E-state index contributed by atoms with van der Waals surface area (Å²) in [5, 5.41) is 6.40. The number of nitrogens with one attached hydrogen (secondary N) is 2. The maximum Gasteiger partial charge on any atom is 0.295 e. The molecular weight excluding hydrogens is 448 g/mol. The van der Waals surface area contributed by atoms with Gasteiger partial charge in [-0.2, -0.15) is 0 Å². The molecule has 0 fully saturated rings. The first-order valence-corrected chi connectivity index (χ1v) is 12.5. The third-order valence-corrected chi connectivity index (χ3v) is 6.65. The van der Waals surface area contributed by atoms with Gasteiger partial charge in [-0.1, -0.05) is 78.9 Å². The highest BCUT2D eigenvalue weighted by Gasteiger charge is 2.23. The van der Waals surface area contributed by atoms with E-state index in [2.05, 4.69) is 47.0 Å². The maximum absolute atomic E-state index is 13.2. The summed E-state index contributed by atoms with van der Waals surface area (Å²) in [6.45, 7) is 3.68. The molecule has 2 atom stereocenters. The lowest BCUT2D eigenvalue weighted by atomic mass is 9.98. The van der Waals surface area contributed by atoms with Crippen LogP contribution in [0.1, 0.15) is 42.6 Å². The zero-order valence-corrected chi connectivity index (χ0v) is 21.1. The number of amides is 1. The number of carbonyl (C=O) groups is 1. The third kappa shape index (κ3) is 5.83. The number of aryl methyl sites for hydroxylation is 1. The molecule has 1 aromatic heterocycles. The highest BCUT2D eigenvalue weighted by atomic mass is 16.2. The summed E-state index contributed by atoms with van der Waals surface area (Å²) in [4.78, 5) is 26.4. The zero-order valence-electron chi connectivity index (χ0n) is 21.1. The van der Waals surface area contributed by atoms with Crippen LogP contribution in [0.3, 0.4) is 0 Å². The Morgan fingerprint density at radius 3 is 2.11 bits per heavy atom. The number of benzene rings is 3. The van der Waals surface area contributed by atoms with Crippen LogP contribution in [0.5, 0.6) is 0 Å². The van der Waals surface area contributed by atoms with Crippen LogP contribution in [-0.4, -0.2) is 21.3 Å². The summed E-state index contributed by atoms with van der Waals surface area (Å²) < 4.78 is 3.33. The first-order valence-electron chi connectivity index (χ1n) is 12.5. The van der Waals surface area contributed by atoms with Gasteiger partial charge in [-0.05, 0) is 56.4 Å². The highest BCUT2D eigenvalue weighted by molar-refractivity contribution is 5.95. The molecule has 0 saturated carbocycles. The molecule has 6 heteroatoms. The van der Waals surface area contributed by atoms with E-state index in [0.29, 0.717) is 11.4 Å². The summed E-state index contributed by atoms with van der Waals surface area (Å²) in [6.07, 6.45) is 2.86. The first-order chi connectivity index (χ1) is 17.5. The average molecular weight is 483 g/mol. The summed E-state index contributed by atoms with van der Waals surface area (Å²) in [6, 6.07) is 29.6. The second-order valence-corrected chi connectivity index (χ2v) is 9.16. The molecule has 1 amide bonds. The van der Waals surface area contributed by atoms with Crippen LogP contribution in [0.2, 0.25) is 0 Å². The van der Waals surface area contributed by atoms with Gasteiger partial charge in [0, 0.05) is 13.1 Å². The van der Waals surface area contributed by atoms with Crippen LogP contribution < -0.4 is 16.2 Å². The molecular formula is C30H34N4O2. The highest BCUT2D eigenvalue weighted by Crippen LogP contribution is 2.21. The smallest absolute Gasteiger partial charge is 0.295 e. The minimum Gasteiger partial charge on any atom is -0.319 e. The summed E-state index contributed by atoms with van der Waals surface area (Å²) in [5.41, 5.74) is 3.97. The van der Waals surface area contributed by atoms with E-state index in [4.69, 9.17) is 0 Å². The number of aromatic nitrogens is 2. The van der Waals surface area contributed by atoms with Gasteiger partial charge in [0.05, 0.1) is 17.4 Å². The van der Waals surface area contributed by atoms with Crippen LogP contribution in [0.15, 0.2) is 95.8 Å². The number of hydrogen-bond acceptors (Lipinski definition) is 3. The maximum atomic E-state index is 13.2. The van der Waals surface area contributed by atoms with Crippen molar-refractivity contribution in [1.29, 1.82) is 0 Å². The molecule has 0 saturated heterocycles. The van der Waals surface area contributed by atoms with Gasteiger partial charge in [-0.3, -0.25) is 19.6 Å². The van der Waals surface area contributed by atoms with Crippen molar-refractivity contribution in [3.8, 4) is 5.69 Å². The Balaban J connectivity index is 1.47.